The second-order valence-corrected chi connectivity index (χ2v) is 3.65. The van der Waals surface area contributed by atoms with E-state index in [4.69, 9.17) is 0 Å². The first-order chi connectivity index (χ1) is 8.42. The van der Waals surface area contributed by atoms with Gasteiger partial charge in [0.25, 0.3) is 0 Å². The van der Waals surface area contributed by atoms with Crippen LogP contribution in [0.1, 0.15) is 35.6 Å². The summed E-state index contributed by atoms with van der Waals surface area (Å²) in [6.07, 6.45) is -2.84. The van der Waals surface area contributed by atoms with Crippen molar-refractivity contribution in [1.29, 1.82) is 0 Å². The number of aryl methyl sites for hydroxylation is 1. The van der Waals surface area contributed by atoms with Gasteiger partial charge in [-0.25, -0.2) is 0 Å². The van der Waals surface area contributed by atoms with Crippen LogP contribution in [0.4, 0.5) is 13.2 Å². The van der Waals surface area contributed by atoms with E-state index >= 15 is 0 Å². The molecule has 0 amide bonds. The number of rotatable bonds is 6. The van der Waals surface area contributed by atoms with Crippen molar-refractivity contribution in [2.75, 3.05) is 6.61 Å². The second-order valence-electron chi connectivity index (χ2n) is 3.65. The Morgan fingerprint density at radius 3 is 2.44 bits per heavy atom. The monoisotopic (exact) mass is 264 g/mol. The highest BCUT2D eigenvalue weighted by atomic mass is 19.4. The summed E-state index contributed by atoms with van der Waals surface area (Å²) in [5.41, 5.74) is 1.73. The third-order valence-corrected chi connectivity index (χ3v) is 2.53. The van der Waals surface area contributed by atoms with Crippen LogP contribution < -0.4 is 0 Å². The number of hydrogen-bond acceptors (Lipinski definition) is 3. The Morgan fingerprint density at radius 2 is 2.00 bits per heavy atom. The van der Waals surface area contributed by atoms with Gasteiger partial charge in [-0.3, -0.25) is 14.2 Å². The van der Waals surface area contributed by atoms with Crippen molar-refractivity contribution >= 4 is 6.29 Å². The molecule has 0 aliphatic rings. The van der Waals surface area contributed by atoms with Gasteiger partial charge in [0.2, 0.25) is 0 Å². The molecule has 1 aromatic heterocycles. The molecule has 0 atom stereocenters. The van der Waals surface area contributed by atoms with Gasteiger partial charge in [0, 0.05) is 5.69 Å². The van der Waals surface area contributed by atoms with Crippen molar-refractivity contribution < 1.29 is 22.7 Å². The van der Waals surface area contributed by atoms with Crippen LogP contribution in [0.25, 0.3) is 0 Å². The molecule has 0 spiro atoms. The van der Waals surface area contributed by atoms with Crippen LogP contribution in [0, 0.1) is 0 Å². The van der Waals surface area contributed by atoms with E-state index in [1.807, 2.05) is 13.8 Å². The molecule has 102 valence electrons. The Balaban J connectivity index is 2.82. The fraction of sp³-hybridized carbons (Fsp3) is 0.636. The minimum atomic E-state index is -4.64. The van der Waals surface area contributed by atoms with Gasteiger partial charge in [-0.05, 0) is 12.8 Å². The van der Waals surface area contributed by atoms with Crippen LogP contribution in [0.15, 0.2) is 0 Å². The van der Waals surface area contributed by atoms with Crippen LogP contribution in [0.5, 0.6) is 0 Å². The minimum absolute atomic E-state index is 0.0243. The summed E-state index contributed by atoms with van der Waals surface area (Å²) in [6.45, 7) is 3.12. The molecule has 1 heterocycles. The van der Waals surface area contributed by atoms with Crippen molar-refractivity contribution in [2.45, 2.75) is 39.6 Å². The van der Waals surface area contributed by atoms with Crippen molar-refractivity contribution in [2.24, 2.45) is 0 Å². The van der Waals surface area contributed by atoms with E-state index in [-0.39, 0.29) is 6.54 Å². The second kappa shape index (κ2) is 5.99. The average Bonchev–Trinajstić information content (AvgIpc) is 2.64. The van der Waals surface area contributed by atoms with Crippen molar-refractivity contribution in [3.8, 4) is 0 Å². The predicted octanol–water partition coefficient (Wildman–Crippen LogP) is 2.36. The lowest BCUT2D eigenvalue weighted by Gasteiger charge is -2.09. The Morgan fingerprint density at radius 1 is 1.33 bits per heavy atom. The van der Waals surface area contributed by atoms with Gasteiger partial charge in [0.15, 0.2) is 6.29 Å². The van der Waals surface area contributed by atoms with E-state index in [1.54, 1.807) is 0 Å². The minimum Gasteiger partial charge on any atom is -0.298 e. The van der Waals surface area contributed by atoms with Crippen LogP contribution in [-0.4, -0.2) is 29.0 Å². The molecule has 0 saturated heterocycles. The van der Waals surface area contributed by atoms with Gasteiger partial charge in [-0.2, -0.15) is 5.10 Å². The van der Waals surface area contributed by atoms with Crippen LogP contribution in [0.2, 0.25) is 0 Å². The van der Waals surface area contributed by atoms with E-state index in [0.29, 0.717) is 36.1 Å². The molecule has 1 aromatic rings. The summed E-state index contributed by atoms with van der Waals surface area (Å²) in [5, 5.41) is 4.13. The fourth-order valence-electron chi connectivity index (χ4n) is 1.77. The Kier molecular flexibility index (Phi) is 4.89. The molecule has 0 bridgehead atoms. The summed E-state index contributed by atoms with van der Waals surface area (Å²) >= 11 is 0. The summed E-state index contributed by atoms with van der Waals surface area (Å²) in [5.74, 6) is 0. The number of carbonyl (C=O) groups excluding carboxylic acids is 1. The van der Waals surface area contributed by atoms with Crippen LogP contribution >= 0.6 is 0 Å². The number of nitrogens with zero attached hydrogens (tertiary/aromatic N) is 2. The zero-order valence-electron chi connectivity index (χ0n) is 10.3. The van der Waals surface area contributed by atoms with Gasteiger partial charge in [0.05, 0.1) is 24.4 Å². The Hall–Kier alpha value is -1.37. The molecule has 0 aliphatic carbocycles. The van der Waals surface area contributed by atoms with Gasteiger partial charge >= 0.3 is 6.36 Å². The van der Waals surface area contributed by atoms with E-state index in [2.05, 4.69) is 9.84 Å². The SMILES string of the molecule is CCc1nn(CCOC(F)(F)F)c(CC)c1C=O. The maximum absolute atomic E-state index is 11.8. The number of alkyl halides is 3. The third-order valence-electron chi connectivity index (χ3n) is 2.53. The lowest BCUT2D eigenvalue weighted by atomic mass is 10.1. The van der Waals surface area contributed by atoms with Crippen molar-refractivity contribution in [1.82, 2.24) is 9.78 Å². The molecular formula is C11H15F3N2O2. The first-order valence-corrected chi connectivity index (χ1v) is 5.67. The predicted molar refractivity (Wildman–Crippen MR) is 58.4 cm³/mol. The van der Waals surface area contributed by atoms with Gasteiger partial charge < -0.3 is 0 Å². The number of aldehydes is 1. The number of ether oxygens (including phenoxy) is 1. The zero-order chi connectivity index (χ0) is 13.8. The standard InChI is InChI=1S/C11H15F3N2O2/c1-3-9-8(7-17)10(4-2)16(15-9)5-6-18-11(12,13)14/h7H,3-6H2,1-2H3. The molecule has 18 heavy (non-hydrogen) atoms. The Labute approximate surface area is 103 Å². The fourth-order valence-corrected chi connectivity index (χ4v) is 1.77. The van der Waals surface area contributed by atoms with Crippen LogP contribution in [0.3, 0.4) is 0 Å². The normalized spacial score (nSPS) is 11.8. The summed E-state index contributed by atoms with van der Waals surface area (Å²) < 4.78 is 40.7. The average molecular weight is 264 g/mol. The number of carbonyl (C=O) groups is 1. The maximum atomic E-state index is 11.8. The highest BCUT2D eigenvalue weighted by Gasteiger charge is 2.29. The van der Waals surface area contributed by atoms with Crippen molar-refractivity contribution in [3.05, 3.63) is 17.0 Å². The van der Waals surface area contributed by atoms with E-state index in [1.165, 1.54) is 4.68 Å². The van der Waals surface area contributed by atoms with Crippen molar-refractivity contribution in [3.63, 3.8) is 0 Å². The molecule has 0 aliphatic heterocycles. The summed E-state index contributed by atoms with van der Waals surface area (Å²) in [4.78, 5) is 10.9. The molecule has 0 radical (unpaired) electrons. The highest BCUT2D eigenvalue weighted by Crippen LogP contribution is 2.17. The first kappa shape index (κ1) is 14.7. The molecular weight excluding hydrogens is 249 g/mol. The third kappa shape index (κ3) is 3.56. The molecule has 0 saturated carbocycles. The molecule has 0 N–H and O–H groups in total. The molecule has 0 fully saturated rings. The van der Waals surface area contributed by atoms with E-state index < -0.39 is 13.0 Å². The molecule has 1 rings (SSSR count). The van der Waals surface area contributed by atoms with Gasteiger partial charge in [-0.15, -0.1) is 13.2 Å². The first-order valence-electron chi connectivity index (χ1n) is 5.67. The number of halogens is 3. The Bertz CT molecular complexity index is 413. The van der Waals surface area contributed by atoms with E-state index in [9.17, 15) is 18.0 Å². The summed E-state index contributed by atoms with van der Waals surface area (Å²) in [6, 6.07) is 0. The molecule has 0 unspecified atom stereocenters. The molecule has 4 nitrogen and oxygen atoms in total. The lowest BCUT2D eigenvalue weighted by Crippen LogP contribution is -2.18. The number of hydrogen-bond donors (Lipinski definition) is 0. The number of aromatic nitrogens is 2. The topological polar surface area (TPSA) is 44.1 Å². The lowest BCUT2D eigenvalue weighted by molar-refractivity contribution is -0.325. The van der Waals surface area contributed by atoms with Gasteiger partial charge in [-0.1, -0.05) is 13.8 Å². The van der Waals surface area contributed by atoms with Gasteiger partial charge in [0.1, 0.15) is 0 Å². The smallest absolute Gasteiger partial charge is 0.298 e. The largest absolute Gasteiger partial charge is 0.522 e. The van der Waals surface area contributed by atoms with Crippen LogP contribution in [-0.2, 0) is 24.1 Å². The quantitative estimate of drug-likeness (QED) is 0.741. The molecule has 0 aromatic carbocycles. The summed E-state index contributed by atoms with van der Waals surface area (Å²) in [7, 11) is 0. The zero-order valence-corrected chi connectivity index (χ0v) is 10.3. The van der Waals surface area contributed by atoms with E-state index in [0.717, 1.165) is 0 Å². The highest BCUT2D eigenvalue weighted by molar-refractivity contribution is 5.78. The maximum Gasteiger partial charge on any atom is 0.522 e. The molecule has 7 heteroatoms.